The van der Waals surface area contributed by atoms with Gasteiger partial charge in [-0.25, -0.2) is 0 Å². The number of hydrogen-bond donors (Lipinski definition) is 0. The van der Waals surface area contributed by atoms with E-state index in [4.69, 9.17) is 0 Å². The number of rotatable bonds is 1. The molecule has 0 nitrogen and oxygen atoms in total. The zero-order chi connectivity index (χ0) is 13.3. The molecule has 0 radical (unpaired) electrons. The van der Waals surface area contributed by atoms with E-state index in [0.717, 1.165) is 0 Å². The molecule has 0 spiro atoms. The van der Waals surface area contributed by atoms with Gasteiger partial charge in [0.2, 0.25) is 0 Å². The molecule has 0 saturated carbocycles. The number of aryl methyl sites for hydroxylation is 1. The molecule has 0 fully saturated rings. The van der Waals surface area contributed by atoms with Crippen molar-refractivity contribution < 1.29 is 0 Å². The SMILES string of the molecule is CC.CC.CC(C)C1=CCCc2ccccc21. The quantitative estimate of drug-likeness (QED) is 0.580. The number of benzene rings is 1. The Morgan fingerprint density at radius 2 is 1.53 bits per heavy atom. The lowest BCUT2D eigenvalue weighted by Crippen LogP contribution is -2.03. The van der Waals surface area contributed by atoms with Crippen LogP contribution in [-0.2, 0) is 6.42 Å². The number of fused-ring (bicyclic) bond motifs is 1. The van der Waals surface area contributed by atoms with Gasteiger partial charge in [0, 0.05) is 0 Å². The van der Waals surface area contributed by atoms with Crippen molar-refractivity contribution in [2.75, 3.05) is 0 Å². The monoisotopic (exact) mass is 232 g/mol. The lowest BCUT2D eigenvalue weighted by atomic mass is 9.85. The van der Waals surface area contributed by atoms with Crippen LogP contribution < -0.4 is 0 Å². The molecule has 1 aliphatic carbocycles. The van der Waals surface area contributed by atoms with Gasteiger partial charge in [0.05, 0.1) is 0 Å². The summed E-state index contributed by atoms with van der Waals surface area (Å²) >= 11 is 0. The van der Waals surface area contributed by atoms with Crippen molar-refractivity contribution in [2.45, 2.75) is 54.4 Å². The second-order valence-corrected chi connectivity index (χ2v) is 4.01. The van der Waals surface area contributed by atoms with Crippen molar-refractivity contribution in [1.29, 1.82) is 0 Å². The third-order valence-corrected chi connectivity index (χ3v) is 2.73. The van der Waals surface area contributed by atoms with E-state index in [-0.39, 0.29) is 0 Å². The van der Waals surface area contributed by atoms with Crippen LogP contribution >= 0.6 is 0 Å². The van der Waals surface area contributed by atoms with Crippen LogP contribution in [-0.4, -0.2) is 0 Å². The fourth-order valence-electron chi connectivity index (χ4n) is 2.06. The molecule has 0 aromatic heterocycles. The number of hydrogen-bond acceptors (Lipinski definition) is 0. The zero-order valence-corrected chi connectivity index (χ0v) is 12.4. The lowest BCUT2D eigenvalue weighted by molar-refractivity contribution is 0.829. The third kappa shape index (κ3) is 4.38. The Morgan fingerprint density at radius 3 is 2.12 bits per heavy atom. The van der Waals surface area contributed by atoms with Gasteiger partial charge in [0.1, 0.15) is 0 Å². The van der Waals surface area contributed by atoms with E-state index in [0.29, 0.717) is 5.92 Å². The highest BCUT2D eigenvalue weighted by molar-refractivity contribution is 5.71. The van der Waals surface area contributed by atoms with Crippen LogP contribution in [0.15, 0.2) is 30.3 Å². The predicted molar refractivity (Wildman–Crippen MR) is 80.3 cm³/mol. The minimum atomic E-state index is 0.654. The Labute approximate surface area is 108 Å². The summed E-state index contributed by atoms with van der Waals surface area (Å²) in [7, 11) is 0. The molecule has 0 amide bonds. The molecule has 1 aromatic rings. The number of allylic oxidation sites excluding steroid dienone is 2. The third-order valence-electron chi connectivity index (χ3n) is 2.73. The second kappa shape index (κ2) is 9.04. The topological polar surface area (TPSA) is 0 Å². The van der Waals surface area contributed by atoms with Crippen LogP contribution in [0, 0.1) is 5.92 Å². The molecule has 0 bridgehead atoms. The lowest BCUT2D eigenvalue weighted by Gasteiger charge is -2.20. The van der Waals surface area contributed by atoms with E-state index in [1.54, 1.807) is 0 Å². The van der Waals surface area contributed by atoms with Gasteiger partial charge in [0.15, 0.2) is 0 Å². The van der Waals surface area contributed by atoms with Gasteiger partial charge in [-0.1, -0.05) is 71.9 Å². The molecule has 0 unspecified atom stereocenters. The standard InChI is InChI=1S/C13H16.2C2H6/c1-10(2)12-9-5-7-11-6-3-4-8-13(11)12;2*1-2/h3-4,6,8-10H,5,7H2,1-2H3;2*1-2H3. The first-order chi connectivity index (χ1) is 8.29. The summed E-state index contributed by atoms with van der Waals surface area (Å²) in [6.45, 7) is 12.5. The predicted octanol–water partition coefficient (Wildman–Crippen LogP) is 5.72. The highest BCUT2D eigenvalue weighted by Crippen LogP contribution is 2.31. The van der Waals surface area contributed by atoms with E-state index in [1.165, 1.54) is 29.5 Å². The van der Waals surface area contributed by atoms with Crippen LogP contribution in [0.4, 0.5) is 0 Å². The molecular weight excluding hydrogens is 204 g/mol. The minimum Gasteiger partial charge on any atom is -0.0801 e. The van der Waals surface area contributed by atoms with Crippen LogP contribution in [0.25, 0.3) is 5.57 Å². The molecule has 0 heterocycles. The summed E-state index contributed by atoms with van der Waals surface area (Å²) in [4.78, 5) is 0. The fraction of sp³-hybridized carbons (Fsp3) is 0.529. The highest BCUT2D eigenvalue weighted by Gasteiger charge is 2.13. The Morgan fingerprint density at radius 1 is 0.941 bits per heavy atom. The van der Waals surface area contributed by atoms with Gasteiger partial charge in [-0.05, 0) is 35.5 Å². The largest absolute Gasteiger partial charge is 0.0801 e. The van der Waals surface area contributed by atoms with Crippen molar-refractivity contribution in [3.8, 4) is 0 Å². The van der Waals surface area contributed by atoms with Crippen LogP contribution in [0.5, 0.6) is 0 Å². The van der Waals surface area contributed by atoms with E-state index >= 15 is 0 Å². The maximum Gasteiger partial charge on any atom is -0.0193 e. The van der Waals surface area contributed by atoms with Crippen molar-refractivity contribution in [1.82, 2.24) is 0 Å². The normalized spacial score (nSPS) is 12.5. The summed E-state index contributed by atoms with van der Waals surface area (Å²) in [6.07, 6.45) is 4.82. The first-order valence-electron chi connectivity index (χ1n) is 7.07. The first-order valence-corrected chi connectivity index (χ1v) is 7.07. The molecule has 0 heteroatoms. The summed E-state index contributed by atoms with van der Waals surface area (Å²) < 4.78 is 0. The van der Waals surface area contributed by atoms with E-state index in [2.05, 4.69) is 44.2 Å². The molecule has 1 aromatic carbocycles. The van der Waals surface area contributed by atoms with Crippen molar-refractivity contribution >= 4 is 5.57 Å². The van der Waals surface area contributed by atoms with Gasteiger partial charge in [0.25, 0.3) is 0 Å². The van der Waals surface area contributed by atoms with Crippen molar-refractivity contribution in [3.63, 3.8) is 0 Å². The smallest absolute Gasteiger partial charge is 0.0193 e. The van der Waals surface area contributed by atoms with E-state index in [9.17, 15) is 0 Å². The van der Waals surface area contributed by atoms with Gasteiger partial charge in [-0.2, -0.15) is 0 Å². The maximum atomic E-state index is 2.40. The second-order valence-electron chi connectivity index (χ2n) is 4.01. The average Bonchev–Trinajstić information content (AvgIpc) is 2.42. The van der Waals surface area contributed by atoms with Crippen LogP contribution in [0.2, 0.25) is 0 Å². The molecule has 0 saturated heterocycles. The summed E-state index contributed by atoms with van der Waals surface area (Å²) in [5.74, 6) is 0.654. The van der Waals surface area contributed by atoms with E-state index in [1.807, 2.05) is 27.7 Å². The van der Waals surface area contributed by atoms with Gasteiger partial charge in [-0.15, -0.1) is 0 Å². The summed E-state index contributed by atoms with van der Waals surface area (Å²) in [5, 5.41) is 0. The molecule has 0 atom stereocenters. The van der Waals surface area contributed by atoms with Gasteiger partial charge < -0.3 is 0 Å². The molecule has 17 heavy (non-hydrogen) atoms. The Kier molecular flexibility index (Phi) is 8.49. The van der Waals surface area contributed by atoms with Gasteiger partial charge >= 0.3 is 0 Å². The Bertz CT molecular complexity index is 332. The molecule has 2 rings (SSSR count). The molecular formula is C17H28. The van der Waals surface area contributed by atoms with Gasteiger partial charge in [-0.3, -0.25) is 0 Å². The molecule has 1 aliphatic rings. The van der Waals surface area contributed by atoms with Crippen molar-refractivity contribution in [3.05, 3.63) is 41.5 Å². The summed E-state index contributed by atoms with van der Waals surface area (Å²) in [6, 6.07) is 8.79. The van der Waals surface area contributed by atoms with E-state index < -0.39 is 0 Å². The summed E-state index contributed by atoms with van der Waals surface area (Å²) in [5.41, 5.74) is 4.53. The van der Waals surface area contributed by atoms with Crippen LogP contribution in [0.3, 0.4) is 0 Å². The fourth-order valence-corrected chi connectivity index (χ4v) is 2.06. The first kappa shape index (κ1) is 16.0. The molecule has 0 aliphatic heterocycles. The zero-order valence-electron chi connectivity index (χ0n) is 12.4. The minimum absolute atomic E-state index is 0.654. The van der Waals surface area contributed by atoms with Crippen LogP contribution in [0.1, 0.15) is 59.1 Å². The highest BCUT2D eigenvalue weighted by atomic mass is 14.2. The Balaban J connectivity index is 0.000000581. The average molecular weight is 232 g/mol. The molecule has 0 N–H and O–H groups in total. The Hall–Kier alpha value is -1.04. The maximum absolute atomic E-state index is 2.40. The van der Waals surface area contributed by atoms with Crippen molar-refractivity contribution in [2.24, 2.45) is 5.92 Å². The molecule has 96 valence electrons.